The number of nitrogens with zero attached hydrogens (tertiary/aromatic N) is 1. The van der Waals surface area contributed by atoms with Crippen molar-refractivity contribution in [1.29, 1.82) is 0 Å². The highest BCUT2D eigenvalue weighted by Crippen LogP contribution is 2.22. The zero-order valence-electron chi connectivity index (χ0n) is 10.9. The van der Waals surface area contributed by atoms with Crippen LogP contribution < -0.4 is 0 Å². The summed E-state index contributed by atoms with van der Waals surface area (Å²) in [5, 5.41) is 12.9. The zero-order valence-corrected chi connectivity index (χ0v) is 11.7. The minimum Gasteiger partial charge on any atom is -0.479 e. The van der Waals surface area contributed by atoms with Crippen molar-refractivity contribution < 1.29 is 19.4 Å². The van der Waals surface area contributed by atoms with Crippen molar-refractivity contribution in [2.75, 3.05) is 13.1 Å². The molecule has 1 amide bonds. The van der Waals surface area contributed by atoms with Crippen LogP contribution in [0, 0.1) is 0 Å². The van der Waals surface area contributed by atoms with Gasteiger partial charge in [-0.15, -0.1) is 0 Å². The Morgan fingerprint density at radius 1 is 1.53 bits per heavy atom. The van der Waals surface area contributed by atoms with E-state index in [4.69, 9.17) is 9.84 Å². The Morgan fingerprint density at radius 3 is 2.84 bits per heavy atom. The normalized spacial score (nSPS) is 25.1. The average molecular weight is 283 g/mol. The van der Waals surface area contributed by atoms with E-state index >= 15 is 0 Å². The molecule has 19 heavy (non-hydrogen) atoms. The third-order valence-electron chi connectivity index (χ3n) is 3.26. The molecule has 104 valence electrons. The van der Waals surface area contributed by atoms with Gasteiger partial charge in [-0.25, -0.2) is 4.79 Å². The van der Waals surface area contributed by atoms with E-state index in [1.165, 1.54) is 0 Å². The van der Waals surface area contributed by atoms with Crippen molar-refractivity contribution >= 4 is 23.2 Å². The van der Waals surface area contributed by atoms with E-state index in [0.717, 1.165) is 5.56 Å². The second kappa shape index (κ2) is 5.71. The maximum Gasteiger partial charge on any atom is 0.334 e. The highest BCUT2D eigenvalue weighted by Gasteiger charge is 2.34. The topological polar surface area (TPSA) is 66.8 Å². The minimum atomic E-state index is -1.02. The van der Waals surface area contributed by atoms with Crippen LogP contribution in [-0.4, -0.2) is 47.2 Å². The molecule has 0 aliphatic carbocycles. The number of carbonyl (C=O) groups excluding carboxylic acids is 1. The maximum atomic E-state index is 12.4. The summed E-state index contributed by atoms with van der Waals surface area (Å²) in [5.41, 5.74) is 0.973. The van der Waals surface area contributed by atoms with Gasteiger partial charge in [0.15, 0.2) is 6.10 Å². The van der Waals surface area contributed by atoms with E-state index in [1.807, 2.05) is 23.8 Å². The quantitative estimate of drug-likeness (QED) is 0.914. The molecule has 1 fully saturated rings. The molecule has 1 aromatic rings. The first kappa shape index (κ1) is 14.0. The molecule has 1 aliphatic heterocycles. The number of morpholine rings is 1. The van der Waals surface area contributed by atoms with Gasteiger partial charge in [0.25, 0.3) is 0 Å². The summed E-state index contributed by atoms with van der Waals surface area (Å²) in [5.74, 6) is -1.31. The number of rotatable bonds is 3. The lowest BCUT2D eigenvalue weighted by Gasteiger charge is -2.36. The van der Waals surface area contributed by atoms with Crippen LogP contribution in [-0.2, 0) is 14.3 Å². The first-order valence-corrected chi connectivity index (χ1v) is 7.12. The predicted octanol–water partition coefficient (Wildman–Crippen LogP) is 1.55. The SMILES string of the molecule is CC(C(=O)N1CC(C(=O)O)O[C@H](C)C1)c1ccsc1. The molecule has 2 heterocycles. The lowest BCUT2D eigenvalue weighted by Crippen LogP contribution is -2.52. The molecule has 0 saturated carbocycles. The summed E-state index contributed by atoms with van der Waals surface area (Å²) in [4.78, 5) is 25.0. The van der Waals surface area contributed by atoms with Gasteiger partial charge in [0.2, 0.25) is 5.91 Å². The van der Waals surface area contributed by atoms with Gasteiger partial charge in [-0.05, 0) is 36.2 Å². The Balaban J connectivity index is 2.08. The Bertz CT molecular complexity index is 459. The molecule has 1 aromatic heterocycles. The smallest absolute Gasteiger partial charge is 0.334 e. The number of hydrogen-bond donors (Lipinski definition) is 1. The molecule has 6 heteroatoms. The van der Waals surface area contributed by atoms with Crippen molar-refractivity contribution in [2.24, 2.45) is 0 Å². The van der Waals surface area contributed by atoms with Crippen LogP contribution in [0.15, 0.2) is 16.8 Å². The number of amides is 1. The van der Waals surface area contributed by atoms with Crippen LogP contribution in [0.25, 0.3) is 0 Å². The van der Waals surface area contributed by atoms with Gasteiger partial charge < -0.3 is 14.7 Å². The molecule has 2 rings (SSSR count). The van der Waals surface area contributed by atoms with Crippen molar-refractivity contribution in [3.05, 3.63) is 22.4 Å². The maximum absolute atomic E-state index is 12.4. The Hall–Kier alpha value is -1.40. The highest BCUT2D eigenvalue weighted by atomic mass is 32.1. The molecule has 2 unspecified atom stereocenters. The van der Waals surface area contributed by atoms with Crippen LogP contribution in [0.1, 0.15) is 25.3 Å². The number of carbonyl (C=O) groups is 2. The van der Waals surface area contributed by atoms with Crippen LogP contribution in [0.2, 0.25) is 0 Å². The van der Waals surface area contributed by atoms with E-state index < -0.39 is 12.1 Å². The average Bonchev–Trinajstić information content (AvgIpc) is 2.90. The summed E-state index contributed by atoms with van der Waals surface area (Å²) >= 11 is 1.55. The van der Waals surface area contributed by atoms with Crippen molar-refractivity contribution in [3.63, 3.8) is 0 Å². The number of carboxylic acid groups (broad SMARTS) is 1. The third kappa shape index (κ3) is 3.13. The molecule has 1 aliphatic rings. The van der Waals surface area contributed by atoms with Crippen LogP contribution in [0.3, 0.4) is 0 Å². The summed E-state index contributed by atoms with van der Waals surface area (Å²) in [6.45, 7) is 4.19. The molecule has 3 atom stereocenters. The first-order valence-electron chi connectivity index (χ1n) is 6.18. The second-order valence-corrected chi connectivity index (χ2v) is 5.58. The fourth-order valence-electron chi connectivity index (χ4n) is 2.21. The molecular formula is C13H17NO4S. The van der Waals surface area contributed by atoms with Crippen molar-refractivity contribution in [3.8, 4) is 0 Å². The van der Waals surface area contributed by atoms with E-state index in [-0.39, 0.29) is 24.5 Å². The zero-order chi connectivity index (χ0) is 14.0. The Morgan fingerprint density at radius 2 is 2.26 bits per heavy atom. The van der Waals surface area contributed by atoms with E-state index in [1.54, 1.807) is 23.2 Å². The fraction of sp³-hybridized carbons (Fsp3) is 0.538. The van der Waals surface area contributed by atoms with Crippen molar-refractivity contribution in [1.82, 2.24) is 4.90 Å². The summed E-state index contributed by atoms with van der Waals surface area (Å²) < 4.78 is 5.31. The number of aliphatic carboxylic acids is 1. The van der Waals surface area contributed by atoms with Gasteiger partial charge in [0, 0.05) is 6.54 Å². The molecule has 1 N–H and O–H groups in total. The van der Waals surface area contributed by atoms with Gasteiger partial charge in [0.05, 0.1) is 18.6 Å². The number of hydrogen-bond acceptors (Lipinski definition) is 4. The number of carboxylic acids is 1. The molecule has 0 spiro atoms. The van der Waals surface area contributed by atoms with Gasteiger partial charge >= 0.3 is 5.97 Å². The summed E-state index contributed by atoms with van der Waals surface area (Å²) in [6, 6.07) is 1.92. The third-order valence-corrected chi connectivity index (χ3v) is 3.96. The lowest BCUT2D eigenvalue weighted by atomic mass is 10.0. The van der Waals surface area contributed by atoms with Gasteiger partial charge in [0.1, 0.15) is 0 Å². The molecule has 0 radical (unpaired) electrons. The first-order chi connectivity index (χ1) is 8.99. The van der Waals surface area contributed by atoms with Gasteiger partial charge in [-0.3, -0.25) is 4.79 Å². The Labute approximate surface area is 115 Å². The molecular weight excluding hydrogens is 266 g/mol. The van der Waals surface area contributed by atoms with E-state index in [9.17, 15) is 9.59 Å². The predicted molar refractivity (Wildman–Crippen MR) is 71.3 cm³/mol. The monoisotopic (exact) mass is 283 g/mol. The lowest BCUT2D eigenvalue weighted by molar-refractivity contribution is -0.166. The standard InChI is InChI=1S/C13H17NO4S/c1-8-5-14(6-11(18-8)13(16)17)12(15)9(2)10-3-4-19-7-10/h3-4,7-9,11H,5-6H2,1-2H3,(H,16,17)/t8-,9?,11?/m1/s1. The Kier molecular flexibility index (Phi) is 4.21. The second-order valence-electron chi connectivity index (χ2n) is 4.80. The largest absolute Gasteiger partial charge is 0.479 e. The number of ether oxygens (including phenoxy) is 1. The molecule has 5 nitrogen and oxygen atoms in total. The molecule has 1 saturated heterocycles. The van der Waals surface area contributed by atoms with Crippen LogP contribution in [0.4, 0.5) is 0 Å². The van der Waals surface area contributed by atoms with Gasteiger partial charge in [-0.1, -0.05) is 0 Å². The van der Waals surface area contributed by atoms with E-state index in [0.29, 0.717) is 6.54 Å². The minimum absolute atomic E-state index is 0.0419. The molecule has 0 bridgehead atoms. The van der Waals surface area contributed by atoms with Crippen LogP contribution in [0.5, 0.6) is 0 Å². The van der Waals surface area contributed by atoms with E-state index in [2.05, 4.69) is 0 Å². The van der Waals surface area contributed by atoms with Crippen molar-refractivity contribution in [2.45, 2.75) is 32.0 Å². The van der Waals surface area contributed by atoms with Crippen LogP contribution >= 0.6 is 11.3 Å². The fourth-order valence-corrected chi connectivity index (χ4v) is 2.96. The van der Waals surface area contributed by atoms with Gasteiger partial charge in [-0.2, -0.15) is 11.3 Å². The number of thiophene rings is 1. The summed E-state index contributed by atoms with van der Waals surface area (Å²) in [7, 11) is 0. The molecule has 0 aromatic carbocycles. The highest BCUT2D eigenvalue weighted by molar-refractivity contribution is 7.08. The summed E-state index contributed by atoms with van der Waals surface area (Å²) in [6.07, 6.45) is -1.18.